The number of alkyl carbamates (subject to hydrolysis) is 2. The van der Waals surface area contributed by atoms with Crippen LogP contribution >= 0.6 is 12.4 Å². The van der Waals surface area contributed by atoms with E-state index in [-0.39, 0.29) is 128 Å². The zero-order chi connectivity index (χ0) is 81.4. The Morgan fingerprint density at radius 1 is 0.544 bits per heavy atom. The van der Waals surface area contributed by atoms with Crippen molar-refractivity contribution in [1.29, 1.82) is 0 Å². The summed E-state index contributed by atoms with van der Waals surface area (Å²) in [5.41, 5.74) is 4.75. The Hall–Kier alpha value is -10.7. The number of carbonyl (C=O) groups is 12. The molecule has 6 aliphatic heterocycles. The minimum absolute atomic E-state index is 0. The first-order valence-corrected chi connectivity index (χ1v) is 38.7. The van der Waals surface area contributed by atoms with Crippen molar-refractivity contribution in [3.05, 3.63) is 166 Å². The number of rotatable bonds is 13. The molecular weight excluding hydrogens is 1500 g/mol. The van der Waals surface area contributed by atoms with Crippen LogP contribution < -0.4 is 43.0 Å². The van der Waals surface area contributed by atoms with Crippen LogP contribution in [0.3, 0.4) is 0 Å². The van der Waals surface area contributed by atoms with Crippen molar-refractivity contribution in [2.24, 2.45) is 17.6 Å². The van der Waals surface area contributed by atoms with Gasteiger partial charge in [-0.3, -0.25) is 43.4 Å². The average molecular weight is 1600 g/mol. The maximum Gasteiger partial charge on any atom is 0.410 e. The largest absolute Gasteiger partial charge is 0.479 e. The van der Waals surface area contributed by atoms with Gasteiger partial charge in [-0.1, -0.05) is 135 Å². The zero-order valence-corrected chi connectivity index (χ0v) is 66.0. The van der Waals surface area contributed by atoms with Gasteiger partial charge in [0, 0.05) is 62.0 Å². The molecular formula is C82H105ClF2N12O17. The number of aliphatic carboxylic acids is 1. The fourth-order valence-corrected chi connectivity index (χ4v) is 14.7. The van der Waals surface area contributed by atoms with Gasteiger partial charge in [-0.25, -0.2) is 32.8 Å². The van der Waals surface area contributed by atoms with Gasteiger partial charge in [0.1, 0.15) is 70.3 Å². The first kappa shape index (κ1) is 87.3. The fourth-order valence-electron chi connectivity index (χ4n) is 14.7. The second kappa shape index (κ2) is 38.9. The third kappa shape index (κ3) is 23.5. The molecule has 0 bridgehead atoms. The lowest BCUT2D eigenvalue weighted by Crippen LogP contribution is -2.58. The minimum atomic E-state index is -1.49. The van der Waals surface area contributed by atoms with E-state index in [4.69, 9.17) is 24.7 Å². The molecule has 4 aromatic rings. The van der Waals surface area contributed by atoms with E-state index in [0.29, 0.717) is 48.1 Å². The summed E-state index contributed by atoms with van der Waals surface area (Å²) in [4.78, 5) is 163. The molecule has 32 heteroatoms. The van der Waals surface area contributed by atoms with Crippen LogP contribution in [0.15, 0.2) is 121 Å². The van der Waals surface area contributed by atoms with Crippen LogP contribution in [-0.2, 0) is 96.6 Å². The van der Waals surface area contributed by atoms with Crippen molar-refractivity contribution in [2.75, 3.05) is 26.2 Å². The molecule has 4 aromatic carbocycles. The smallest absolute Gasteiger partial charge is 0.410 e. The summed E-state index contributed by atoms with van der Waals surface area (Å²) in [5.74, 6) is -6.25. The van der Waals surface area contributed by atoms with Gasteiger partial charge in [0.05, 0.1) is 39.3 Å². The lowest BCUT2D eigenvalue weighted by molar-refractivity contribution is -0.145. The van der Waals surface area contributed by atoms with Gasteiger partial charge in [0.15, 0.2) is 0 Å². The van der Waals surface area contributed by atoms with Crippen LogP contribution in [0.4, 0.5) is 28.0 Å². The van der Waals surface area contributed by atoms with Gasteiger partial charge >= 0.3 is 30.3 Å². The summed E-state index contributed by atoms with van der Waals surface area (Å²) < 4.78 is 51.2. The third-order valence-corrected chi connectivity index (χ3v) is 20.8. The number of nitrogens with zero attached hydrogens (tertiary/aromatic N) is 4. The number of allylic oxidation sites excluding steroid dienone is 2. The summed E-state index contributed by atoms with van der Waals surface area (Å²) >= 11 is 0. The van der Waals surface area contributed by atoms with Crippen LogP contribution in [-0.4, -0.2) is 181 Å². The molecule has 2 saturated heterocycles. The normalized spacial score (nSPS) is 25.1. The molecule has 11 amide bonds. The first-order valence-electron chi connectivity index (χ1n) is 38.7. The van der Waals surface area contributed by atoms with Crippen LogP contribution in [0.1, 0.15) is 165 Å². The molecule has 0 unspecified atom stereocenters. The van der Waals surface area contributed by atoms with Crippen LogP contribution in [0.5, 0.6) is 0 Å². The summed E-state index contributed by atoms with van der Waals surface area (Å²) in [6.07, 6.45) is 9.41. The second-order valence-corrected chi connectivity index (χ2v) is 31.8. The summed E-state index contributed by atoms with van der Waals surface area (Å²) in [6, 6.07) is 23.9. The third-order valence-electron chi connectivity index (χ3n) is 20.8. The number of ether oxygens (including phenoxy) is 4. The molecule has 10 atom stereocenters. The number of amides is 11. The quantitative estimate of drug-likeness (QED) is 0.0449. The van der Waals surface area contributed by atoms with E-state index in [1.165, 1.54) is 31.7 Å². The monoisotopic (exact) mass is 1600 g/mol. The summed E-state index contributed by atoms with van der Waals surface area (Å²) in [7, 11) is 0. The molecule has 0 radical (unpaired) electrons. The van der Waals surface area contributed by atoms with Crippen molar-refractivity contribution in [3.63, 3.8) is 0 Å². The molecule has 29 nitrogen and oxygen atoms in total. The zero-order valence-electron chi connectivity index (χ0n) is 65.1. The number of hydrogen-bond donors (Lipinski definition) is 9. The molecule has 0 aromatic heterocycles. The topological polar surface area (TPSA) is 385 Å². The fraction of sp³-hybridized carbons (Fsp3) is 0.512. The number of benzene rings is 4. The van der Waals surface area contributed by atoms with Gasteiger partial charge in [-0.2, -0.15) is 0 Å². The molecule has 4 fully saturated rings. The molecule has 616 valence electrons. The van der Waals surface area contributed by atoms with Crippen molar-refractivity contribution < 1.29 is 90.4 Å². The Morgan fingerprint density at radius 3 is 1.39 bits per heavy atom. The van der Waals surface area contributed by atoms with Crippen LogP contribution in [0.2, 0.25) is 0 Å². The van der Waals surface area contributed by atoms with E-state index in [9.17, 15) is 71.4 Å². The Morgan fingerprint density at radius 2 is 0.965 bits per heavy atom. The lowest BCUT2D eigenvalue weighted by atomic mass is 10.0. The summed E-state index contributed by atoms with van der Waals surface area (Å²) in [6.45, 7) is 10.8. The predicted molar refractivity (Wildman–Crippen MR) is 414 cm³/mol. The average Bonchev–Trinajstić information content (AvgIpc) is 1.58. The van der Waals surface area contributed by atoms with Crippen molar-refractivity contribution in [2.45, 2.75) is 229 Å². The molecule has 114 heavy (non-hydrogen) atoms. The molecule has 8 aliphatic rings. The highest BCUT2D eigenvalue weighted by molar-refractivity contribution is 6.00. The Balaban J connectivity index is 0.000000229. The number of hydrogen-bond acceptors (Lipinski definition) is 17. The Kier molecular flexibility index (Phi) is 29.8. The number of halogens is 3. The Labute approximate surface area is 667 Å². The highest BCUT2D eigenvalue weighted by Gasteiger charge is 2.63. The van der Waals surface area contributed by atoms with Crippen LogP contribution in [0.25, 0.3) is 0 Å². The number of carboxylic acid groups (broad SMARTS) is 1. The molecule has 2 aliphatic carbocycles. The number of nitrogens with two attached hydrogens (primary N) is 1. The van der Waals surface area contributed by atoms with Gasteiger partial charge in [0.2, 0.25) is 41.4 Å². The molecule has 6 heterocycles. The Bertz CT molecular complexity index is 4220. The molecule has 10 N–H and O–H groups in total. The highest BCUT2D eigenvalue weighted by atomic mass is 35.5. The number of carbonyl (C=O) groups excluding carboxylic acids is 11. The number of carboxylic acids is 1. The van der Waals surface area contributed by atoms with E-state index >= 15 is 0 Å². The number of nitrogens with one attached hydrogen (secondary N) is 7. The maximum atomic E-state index is 14.5. The molecule has 0 spiro atoms. The van der Waals surface area contributed by atoms with Gasteiger partial charge in [0.25, 0.3) is 0 Å². The van der Waals surface area contributed by atoms with E-state index in [0.717, 1.165) is 43.2 Å². The molecule has 12 rings (SSSR count). The second-order valence-electron chi connectivity index (χ2n) is 31.8. The van der Waals surface area contributed by atoms with Gasteiger partial charge in [-0.15, -0.1) is 12.4 Å². The minimum Gasteiger partial charge on any atom is -0.479 e. The van der Waals surface area contributed by atoms with Gasteiger partial charge in [-0.05, 0) is 127 Å². The van der Waals surface area contributed by atoms with Crippen molar-refractivity contribution in [1.82, 2.24) is 56.8 Å². The van der Waals surface area contributed by atoms with E-state index in [2.05, 4.69) is 37.2 Å². The van der Waals surface area contributed by atoms with Crippen molar-refractivity contribution >= 4 is 84.1 Å². The van der Waals surface area contributed by atoms with E-state index in [1.807, 2.05) is 85.0 Å². The lowest BCUT2D eigenvalue weighted by Gasteiger charge is -2.30. The summed E-state index contributed by atoms with van der Waals surface area (Å²) in [5, 5.41) is 29.1. The predicted octanol–water partition coefficient (Wildman–Crippen LogP) is 8.27. The SMILES string of the molecule is CC(C)(C)OC(=O)N[C@@H]1CCCCC/C=C\[C@@H]2C[C@@]2(C(=O)O)NC(=O)[C@@H]2C[C@@H](OC(=O)N3Cc4cccc(F)c4C3)CN2C1=O.CC(C)(C)OC(=O)N[C@H]1CCCCC/C=C\[C@@H]2C[C@@]2(C(=O)NCC(=O)NCc2ccccc2)NC(=O)[C@@H]2C[C@@H](OC(=O)N3Cc4cccc(F)c4C3)CN2C1=O.Cl.NCC(=O)NCc1ccccc1. The van der Waals surface area contributed by atoms with Crippen LogP contribution in [0, 0.1) is 23.5 Å². The number of fused-ring (bicyclic) bond motifs is 6. The van der Waals surface area contributed by atoms with E-state index < -0.39 is 136 Å². The first-order chi connectivity index (χ1) is 53.8. The standard InChI is InChI=1S/C41H51FN6O8.C32H41FN4O8.C9H12N2O.ClH/c1-40(2,3)56-38(53)45-32-18-11-6-4-5-10-16-28-20-41(28,37(52)44-22-34(49)43-21-26-13-8-7-9-14-26)46-35(50)33-19-29(24-48(33)36(32)51)55-39(54)47-23-27-15-12-17-31(42)30(27)25-47;1-31(2,3)45-29(42)34-24-13-8-6-4-5-7-11-20-15-32(20,28(40)41)35-26(38)25-14-21(17-37(25)27(24)39)44-30(43)36-16-19-10-9-12-23(33)22(19)18-36;10-6-9(12)11-7-8-4-2-1-3-5-8;/h7-10,12-17,28-29,32-33H,4-6,11,18-25H2,1-3H3,(H,43,49)(H,44,52)(H,45,53)(H,46,50);7,9-12,20-21,24-25H,4-6,8,13-18H2,1-3H3,(H,34,42)(H,35,38)(H,40,41);1-5H,6-7,10H2,(H,11,12);1H/b16-10-;11-7-;;/t28-,29-,32+,33+,41-;20-,21-,24-,25+,32-;;/m11../s1. The van der Waals surface area contributed by atoms with Gasteiger partial charge < -0.3 is 76.8 Å². The van der Waals surface area contributed by atoms with Crippen molar-refractivity contribution in [3.8, 4) is 0 Å². The van der Waals surface area contributed by atoms with E-state index in [1.54, 1.807) is 65.8 Å². The highest BCUT2D eigenvalue weighted by Crippen LogP contribution is 2.47. The molecule has 2 saturated carbocycles. The maximum absolute atomic E-state index is 14.5.